The summed E-state index contributed by atoms with van der Waals surface area (Å²) in [6.07, 6.45) is 16.1. The van der Waals surface area contributed by atoms with E-state index >= 15 is 0 Å². The van der Waals surface area contributed by atoms with Crippen LogP contribution in [0.15, 0.2) is 0 Å². The molecule has 0 aliphatic heterocycles. The Bertz CT molecular complexity index is 360. The first-order valence-corrected chi connectivity index (χ1v) is 21.1. The molecular formula is C22H54N2O2Si3. The minimum atomic E-state index is -2.15. The van der Waals surface area contributed by atoms with Crippen LogP contribution < -0.4 is 9.96 Å². The maximum Gasteiger partial charge on any atom is 0.312 e. The molecule has 0 saturated heterocycles. The molecule has 0 spiro atoms. The third kappa shape index (κ3) is 18.9. The van der Waals surface area contributed by atoms with Gasteiger partial charge in [-0.1, -0.05) is 78.1 Å². The van der Waals surface area contributed by atoms with Crippen LogP contribution in [0.4, 0.5) is 0 Å². The van der Waals surface area contributed by atoms with Crippen LogP contribution in [0.2, 0.25) is 39.3 Å². The summed E-state index contributed by atoms with van der Waals surface area (Å²) in [5, 5.41) is 0. The predicted molar refractivity (Wildman–Crippen MR) is 137 cm³/mol. The Hall–Kier alpha value is 0.491. The molecule has 0 fully saturated rings. The maximum absolute atomic E-state index is 6.62. The molecule has 0 aliphatic rings. The molecule has 0 bridgehead atoms. The van der Waals surface area contributed by atoms with Gasteiger partial charge in [0, 0.05) is 0 Å². The maximum atomic E-state index is 6.62. The van der Waals surface area contributed by atoms with Crippen molar-refractivity contribution in [2.24, 2.45) is 0 Å². The number of hydrogen-bond donors (Lipinski definition) is 2. The average molecular weight is 463 g/mol. The number of unbranched alkanes of at least 4 members (excludes halogenated alkanes) is 10. The van der Waals surface area contributed by atoms with E-state index in [4.69, 9.17) is 8.23 Å². The largest absolute Gasteiger partial charge is 0.424 e. The van der Waals surface area contributed by atoms with E-state index in [1.54, 1.807) is 0 Å². The highest BCUT2D eigenvalue weighted by molar-refractivity contribution is 6.86. The molecule has 0 radical (unpaired) electrons. The fourth-order valence-corrected chi connectivity index (χ4v) is 16.4. The fraction of sp³-hybridized carbons (Fsp3) is 1.00. The Balaban J connectivity index is 4.11. The van der Waals surface area contributed by atoms with E-state index < -0.39 is 25.5 Å². The molecule has 0 aliphatic carbocycles. The van der Waals surface area contributed by atoms with Crippen molar-refractivity contribution < 1.29 is 8.23 Å². The van der Waals surface area contributed by atoms with E-state index in [1.165, 1.54) is 77.0 Å². The first-order valence-electron chi connectivity index (χ1n) is 12.4. The van der Waals surface area contributed by atoms with Crippen LogP contribution in [-0.4, -0.2) is 38.6 Å². The topological polar surface area (TPSA) is 42.5 Å². The molecule has 0 aromatic rings. The van der Waals surface area contributed by atoms with Crippen LogP contribution in [0, 0.1) is 0 Å². The van der Waals surface area contributed by atoms with Crippen LogP contribution in [0.25, 0.3) is 0 Å². The van der Waals surface area contributed by atoms with Crippen molar-refractivity contribution in [2.45, 2.75) is 130 Å². The van der Waals surface area contributed by atoms with Gasteiger partial charge in [-0.2, -0.15) is 0 Å². The molecule has 0 saturated carbocycles. The Labute approximate surface area is 187 Å². The summed E-state index contributed by atoms with van der Waals surface area (Å²) in [5.74, 6) is 0. The minimum absolute atomic E-state index is 1.08. The van der Waals surface area contributed by atoms with E-state index in [2.05, 4.69) is 63.1 Å². The lowest BCUT2D eigenvalue weighted by molar-refractivity contribution is 0.374. The molecule has 7 heteroatoms. The van der Waals surface area contributed by atoms with Crippen molar-refractivity contribution in [3.63, 3.8) is 0 Å². The normalized spacial score (nSPS) is 13.2. The summed E-state index contributed by atoms with van der Waals surface area (Å²) in [5.41, 5.74) is 0. The fourth-order valence-electron chi connectivity index (χ4n) is 3.91. The second-order valence-corrected chi connectivity index (χ2v) is 21.2. The first-order chi connectivity index (χ1) is 13.5. The Morgan fingerprint density at radius 1 is 0.483 bits per heavy atom. The van der Waals surface area contributed by atoms with Crippen molar-refractivity contribution in [3.05, 3.63) is 0 Å². The van der Waals surface area contributed by atoms with Gasteiger partial charge in [0.25, 0.3) is 17.0 Å². The van der Waals surface area contributed by atoms with Gasteiger partial charge in [-0.25, -0.2) is 0 Å². The lowest BCUT2D eigenvalue weighted by Crippen LogP contribution is -2.61. The molecular weight excluding hydrogens is 409 g/mol. The highest BCUT2D eigenvalue weighted by atomic mass is 28.5. The van der Waals surface area contributed by atoms with E-state index in [-0.39, 0.29) is 0 Å². The van der Waals surface area contributed by atoms with Gasteiger partial charge in [0.2, 0.25) is 0 Å². The molecule has 176 valence electrons. The summed E-state index contributed by atoms with van der Waals surface area (Å²) >= 11 is 0. The van der Waals surface area contributed by atoms with Gasteiger partial charge in [-0.3, -0.25) is 0 Å². The Kier molecular flexibility index (Phi) is 16.4. The smallest absolute Gasteiger partial charge is 0.312 e. The molecule has 4 nitrogen and oxygen atoms in total. The summed E-state index contributed by atoms with van der Waals surface area (Å²) in [6.45, 7) is 20.2. The van der Waals surface area contributed by atoms with Crippen molar-refractivity contribution in [2.75, 3.05) is 13.1 Å². The van der Waals surface area contributed by atoms with Crippen LogP contribution in [0.5, 0.6) is 0 Å². The molecule has 0 amide bonds. The highest BCUT2D eigenvalue weighted by Gasteiger charge is 2.39. The van der Waals surface area contributed by atoms with Crippen LogP contribution in [0.3, 0.4) is 0 Å². The Morgan fingerprint density at radius 2 is 0.793 bits per heavy atom. The summed E-state index contributed by atoms with van der Waals surface area (Å²) in [7, 11) is -5.93. The van der Waals surface area contributed by atoms with Gasteiger partial charge >= 0.3 is 8.56 Å². The molecule has 0 aromatic heterocycles. The van der Waals surface area contributed by atoms with E-state index in [9.17, 15) is 0 Å². The molecule has 29 heavy (non-hydrogen) atoms. The minimum Gasteiger partial charge on any atom is -0.424 e. The van der Waals surface area contributed by atoms with Crippen LogP contribution >= 0.6 is 0 Å². The van der Waals surface area contributed by atoms with Crippen LogP contribution in [-0.2, 0) is 8.23 Å². The lowest BCUT2D eigenvalue weighted by atomic mass is 10.1. The van der Waals surface area contributed by atoms with Gasteiger partial charge in [-0.15, -0.1) is 0 Å². The van der Waals surface area contributed by atoms with Crippen molar-refractivity contribution in [1.29, 1.82) is 0 Å². The zero-order valence-electron chi connectivity index (χ0n) is 21.2. The van der Waals surface area contributed by atoms with Crippen molar-refractivity contribution >= 4 is 25.5 Å². The first kappa shape index (κ1) is 29.5. The number of nitrogens with one attached hydrogen (secondary N) is 2. The van der Waals surface area contributed by atoms with Crippen molar-refractivity contribution in [3.8, 4) is 0 Å². The monoisotopic (exact) mass is 462 g/mol. The lowest BCUT2D eigenvalue weighted by Gasteiger charge is -2.38. The van der Waals surface area contributed by atoms with Gasteiger partial charge in [0.1, 0.15) is 0 Å². The Morgan fingerprint density at radius 3 is 1.14 bits per heavy atom. The molecule has 0 atom stereocenters. The quantitative estimate of drug-likeness (QED) is 0.151. The molecule has 2 N–H and O–H groups in total. The highest BCUT2D eigenvalue weighted by Crippen LogP contribution is 2.18. The molecule has 0 unspecified atom stereocenters. The van der Waals surface area contributed by atoms with Gasteiger partial charge in [0.15, 0.2) is 0 Å². The summed E-state index contributed by atoms with van der Waals surface area (Å²) < 4.78 is 13.2. The molecule has 0 heterocycles. The zero-order chi connectivity index (χ0) is 22.2. The van der Waals surface area contributed by atoms with Gasteiger partial charge < -0.3 is 18.2 Å². The van der Waals surface area contributed by atoms with E-state index in [1.807, 2.05) is 0 Å². The van der Waals surface area contributed by atoms with Crippen LogP contribution in [0.1, 0.15) is 90.9 Å². The SMILES string of the molecule is CCCCCCCCN[Si](C)(C)O[Si](C)(C)O[Si](C)(C)NCCCCCCCC. The van der Waals surface area contributed by atoms with Gasteiger partial charge in [-0.05, 0) is 65.2 Å². The predicted octanol–water partition coefficient (Wildman–Crippen LogP) is 7.03. The van der Waals surface area contributed by atoms with Gasteiger partial charge in [0.05, 0.1) is 0 Å². The standard InChI is InChI=1S/C22H54N2O2Si3/c1-9-11-13-15-17-19-21-23-27(3,4)25-29(7,8)26-28(5,6)24-22-20-18-16-14-12-10-2/h23-24H,9-22H2,1-8H3. The van der Waals surface area contributed by atoms with E-state index in [0.717, 1.165) is 13.1 Å². The average Bonchev–Trinajstić information content (AvgIpc) is 2.58. The summed E-state index contributed by atoms with van der Waals surface area (Å²) in [6, 6.07) is 0. The zero-order valence-corrected chi connectivity index (χ0v) is 24.2. The van der Waals surface area contributed by atoms with Crippen molar-refractivity contribution in [1.82, 2.24) is 9.96 Å². The summed E-state index contributed by atoms with van der Waals surface area (Å²) in [4.78, 5) is 7.47. The van der Waals surface area contributed by atoms with E-state index in [0.29, 0.717) is 0 Å². The molecule has 0 aromatic carbocycles. The molecule has 0 rings (SSSR count). The number of rotatable bonds is 20. The third-order valence-electron chi connectivity index (χ3n) is 5.16. The second kappa shape index (κ2) is 16.2. The second-order valence-electron chi connectivity index (χ2n) is 10.0. The number of hydrogen-bond acceptors (Lipinski definition) is 4. The third-order valence-corrected chi connectivity index (χ3v) is 15.4.